The minimum Gasteiger partial charge on any atom is -0.489 e. The van der Waals surface area contributed by atoms with Crippen molar-refractivity contribution in [2.24, 2.45) is 11.8 Å². The zero-order valence-corrected chi connectivity index (χ0v) is 22.1. The molecule has 0 bridgehead atoms. The first-order valence-corrected chi connectivity index (χ1v) is 14.0. The number of nitrogens with zero attached hydrogens (tertiary/aromatic N) is 3. The van der Waals surface area contributed by atoms with Crippen LogP contribution < -0.4 is 15.0 Å². The van der Waals surface area contributed by atoms with Gasteiger partial charge in [-0.15, -0.1) is 11.3 Å². The highest BCUT2D eigenvalue weighted by Gasteiger charge is 2.58. The molecule has 3 N–H and O–H groups in total. The molecule has 1 saturated carbocycles. The van der Waals surface area contributed by atoms with E-state index in [9.17, 15) is 19.8 Å². The van der Waals surface area contributed by atoms with Crippen LogP contribution >= 0.6 is 22.9 Å². The first-order valence-electron chi connectivity index (χ1n) is 12.8. The number of nitrogens with one attached hydrogen (secondary N) is 1. The van der Waals surface area contributed by atoms with Crippen molar-refractivity contribution >= 4 is 50.7 Å². The van der Waals surface area contributed by atoms with E-state index in [-0.39, 0.29) is 49.5 Å². The monoisotopic (exact) mass is 554 g/mol. The standard InChI is InChI=1S/C27H27ClN4O5S/c28-14-5-18(23-22(6-14)37-4-3-31(23)15-9-27(12-33,13-34)30-10-15)17-1-2-29-21-7-16(38-24(17)21)11-32-25(35)19-8-20(19)26(32)36/h1-2,5-7,15,19-20,30,33-34H,3-4,8-13H2/t15-,19?,20?/m1/s1. The molecule has 4 aliphatic rings. The molecule has 3 aliphatic heterocycles. The average Bonchev–Trinajstić information content (AvgIpc) is 3.33. The molecule has 9 nitrogen and oxygen atoms in total. The van der Waals surface area contributed by atoms with E-state index in [2.05, 4.69) is 15.2 Å². The van der Waals surface area contributed by atoms with Crippen LogP contribution in [0.4, 0.5) is 5.69 Å². The second-order valence-electron chi connectivity index (χ2n) is 10.7. The van der Waals surface area contributed by atoms with E-state index in [4.69, 9.17) is 16.3 Å². The van der Waals surface area contributed by atoms with Gasteiger partial charge in [0.15, 0.2) is 0 Å². The highest BCUT2D eigenvalue weighted by atomic mass is 35.5. The van der Waals surface area contributed by atoms with Crippen LogP contribution in [0.2, 0.25) is 5.02 Å². The van der Waals surface area contributed by atoms with Crippen LogP contribution in [-0.2, 0) is 16.1 Å². The lowest BCUT2D eigenvalue weighted by atomic mass is 9.95. The van der Waals surface area contributed by atoms with Crippen LogP contribution in [0.5, 0.6) is 5.75 Å². The van der Waals surface area contributed by atoms with Crippen LogP contribution in [0.1, 0.15) is 17.7 Å². The zero-order valence-electron chi connectivity index (χ0n) is 20.5. The third kappa shape index (κ3) is 3.73. The van der Waals surface area contributed by atoms with Gasteiger partial charge >= 0.3 is 0 Å². The average molecular weight is 555 g/mol. The van der Waals surface area contributed by atoms with Gasteiger partial charge in [-0.3, -0.25) is 19.5 Å². The van der Waals surface area contributed by atoms with Crippen LogP contribution in [-0.4, -0.2) is 76.4 Å². The fraction of sp³-hybridized carbons (Fsp3) is 0.444. The van der Waals surface area contributed by atoms with Gasteiger partial charge < -0.3 is 25.2 Å². The maximum Gasteiger partial charge on any atom is 0.233 e. The number of aliphatic hydroxyl groups is 2. The number of thiophene rings is 1. The van der Waals surface area contributed by atoms with Gasteiger partial charge in [0.25, 0.3) is 0 Å². The summed E-state index contributed by atoms with van der Waals surface area (Å²) in [6, 6.07) is 7.73. The van der Waals surface area contributed by atoms with Crippen LogP contribution in [0, 0.1) is 11.8 Å². The van der Waals surface area contributed by atoms with Gasteiger partial charge in [-0.25, -0.2) is 0 Å². The Hall–Kier alpha value is -2.76. The number of likely N-dealkylation sites (tertiary alicyclic amines) is 1. The van der Waals surface area contributed by atoms with E-state index in [0.29, 0.717) is 43.3 Å². The molecule has 1 aromatic carbocycles. The molecule has 2 saturated heterocycles. The van der Waals surface area contributed by atoms with E-state index < -0.39 is 5.54 Å². The lowest BCUT2D eigenvalue weighted by Crippen LogP contribution is -2.47. The lowest BCUT2D eigenvalue weighted by Gasteiger charge is -2.38. The SMILES string of the molecule is O=C1C2CC2C(=O)N1Cc1cc2nccc(-c3cc(Cl)cc4c3N([C@H]3CNC(CO)(CO)C3)CCO4)c2s1. The molecule has 3 fully saturated rings. The van der Waals surface area contributed by atoms with Crippen molar-refractivity contribution in [1.29, 1.82) is 0 Å². The summed E-state index contributed by atoms with van der Waals surface area (Å²) >= 11 is 8.11. The summed E-state index contributed by atoms with van der Waals surface area (Å²) in [4.78, 5) is 34.2. The largest absolute Gasteiger partial charge is 0.489 e. The smallest absolute Gasteiger partial charge is 0.233 e. The molecule has 0 spiro atoms. The maximum absolute atomic E-state index is 12.5. The molecule has 2 unspecified atom stereocenters. The van der Waals surface area contributed by atoms with E-state index in [1.54, 1.807) is 6.20 Å². The van der Waals surface area contributed by atoms with Crippen molar-refractivity contribution in [3.8, 4) is 16.9 Å². The fourth-order valence-electron chi connectivity index (χ4n) is 6.20. The number of amides is 2. The summed E-state index contributed by atoms with van der Waals surface area (Å²) in [6.45, 7) is 1.77. The molecule has 3 aromatic rings. The number of anilines is 1. The van der Waals surface area contributed by atoms with Gasteiger partial charge in [0.1, 0.15) is 12.4 Å². The van der Waals surface area contributed by atoms with Gasteiger partial charge in [0.05, 0.1) is 59.6 Å². The number of rotatable bonds is 6. The van der Waals surface area contributed by atoms with Crippen molar-refractivity contribution in [2.45, 2.75) is 31.0 Å². The molecule has 3 atom stereocenters. The number of ether oxygens (including phenoxy) is 1. The number of benzene rings is 1. The predicted octanol–water partition coefficient (Wildman–Crippen LogP) is 2.41. The fourth-order valence-corrected chi connectivity index (χ4v) is 7.54. The van der Waals surface area contributed by atoms with Crippen molar-refractivity contribution in [1.82, 2.24) is 15.2 Å². The molecule has 2 aromatic heterocycles. The zero-order chi connectivity index (χ0) is 26.2. The molecule has 0 radical (unpaired) electrons. The molecular weight excluding hydrogens is 528 g/mol. The van der Waals surface area contributed by atoms with Gasteiger partial charge in [0, 0.05) is 45.9 Å². The first kappa shape index (κ1) is 24.3. The van der Waals surface area contributed by atoms with Crippen LogP contribution in [0.3, 0.4) is 0 Å². The number of aromatic nitrogens is 1. The Labute approximate surface area is 228 Å². The first-order chi connectivity index (χ1) is 18.4. The number of pyridine rings is 1. The molecule has 2 amide bonds. The molecule has 1 aliphatic carbocycles. The highest BCUT2D eigenvalue weighted by molar-refractivity contribution is 7.19. The Bertz CT molecular complexity index is 1450. The van der Waals surface area contributed by atoms with Gasteiger partial charge in [0.2, 0.25) is 11.8 Å². The summed E-state index contributed by atoms with van der Waals surface area (Å²) in [6.07, 6.45) is 3.05. The van der Waals surface area contributed by atoms with E-state index in [1.807, 2.05) is 24.3 Å². The number of carbonyl (C=O) groups is 2. The highest BCUT2D eigenvalue weighted by Crippen LogP contribution is 2.49. The molecule has 38 heavy (non-hydrogen) atoms. The molecule has 7 rings (SSSR count). The summed E-state index contributed by atoms with van der Waals surface area (Å²) < 4.78 is 7.02. The topological polar surface area (TPSA) is 115 Å². The summed E-state index contributed by atoms with van der Waals surface area (Å²) in [7, 11) is 0. The predicted molar refractivity (Wildman–Crippen MR) is 143 cm³/mol. The number of hydrogen-bond acceptors (Lipinski definition) is 9. The molecule has 11 heteroatoms. The van der Waals surface area contributed by atoms with Crippen molar-refractivity contribution in [2.75, 3.05) is 37.8 Å². The minimum atomic E-state index is -0.715. The Morgan fingerprint density at radius 3 is 2.68 bits per heavy atom. The molecular formula is C27H27ClN4O5S. The summed E-state index contributed by atoms with van der Waals surface area (Å²) in [5.41, 5.74) is 2.86. The van der Waals surface area contributed by atoms with Crippen molar-refractivity contribution in [3.63, 3.8) is 0 Å². The Balaban J connectivity index is 1.28. The Morgan fingerprint density at radius 2 is 1.95 bits per heavy atom. The van der Waals surface area contributed by atoms with Gasteiger partial charge in [-0.2, -0.15) is 0 Å². The molecule has 5 heterocycles. The minimum absolute atomic E-state index is 0.0479. The summed E-state index contributed by atoms with van der Waals surface area (Å²) in [5.74, 6) is 0.340. The maximum atomic E-state index is 12.5. The number of hydrogen-bond donors (Lipinski definition) is 3. The number of carbonyl (C=O) groups excluding carboxylic acids is 2. The lowest BCUT2D eigenvalue weighted by molar-refractivity contribution is -0.141. The normalized spacial score (nSPS) is 25.6. The van der Waals surface area contributed by atoms with Crippen LogP contribution in [0.15, 0.2) is 30.5 Å². The number of imide groups is 1. The third-order valence-electron chi connectivity index (χ3n) is 8.33. The second-order valence-corrected chi connectivity index (χ2v) is 12.2. The number of halogens is 1. The number of aliphatic hydroxyl groups excluding tert-OH is 2. The third-order valence-corrected chi connectivity index (χ3v) is 9.69. The van der Waals surface area contributed by atoms with E-state index >= 15 is 0 Å². The number of fused-ring (bicyclic) bond motifs is 3. The second kappa shape index (κ2) is 8.89. The van der Waals surface area contributed by atoms with Gasteiger partial charge in [-0.1, -0.05) is 11.6 Å². The van der Waals surface area contributed by atoms with Crippen LogP contribution in [0.25, 0.3) is 21.3 Å². The number of piperidine rings is 1. The molecule has 198 valence electrons. The Morgan fingerprint density at radius 1 is 1.16 bits per heavy atom. The van der Waals surface area contributed by atoms with Gasteiger partial charge in [-0.05, 0) is 31.0 Å². The van der Waals surface area contributed by atoms with Crippen molar-refractivity contribution in [3.05, 3.63) is 40.4 Å². The van der Waals surface area contributed by atoms with Crippen molar-refractivity contribution < 1.29 is 24.5 Å². The van der Waals surface area contributed by atoms with E-state index in [1.165, 1.54) is 16.2 Å². The quantitative estimate of drug-likeness (QED) is 0.398. The van der Waals surface area contributed by atoms with E-state index in [0.717, 1.165) is 31.9 Å². The Kier molecular flexibility index (Phi) is 5.68. The summed E-state index contributed by atoms with van der Waals surface area (Å²) in [5, 5.41) is 23.7.